The van der Waals surface area contributed by atoms with Gasteiger partial charge in [-0.2, -0.15) is 0 Å². The lowest BCUT2D eigenvalue weighted by Crippen LogP contribution is -2.53. The molecule has 4 nitrogen and oxygen atoms in total. The number of amides is 1. The van der Waals surface area contributed by atoms with E-state index in [0.29, 0.717) is 11.8 Å². The van der Waals surface area contributed by atoms with Crippen LogP contribution in [0.5, 0.6) is 0 Å². The molecule has 1 heterocycles. The molecule has 3 rings (SSSR count). The van der Waals surface area contributed by atoms with E-state index in [2.05, 4.69) is 29.1 Å². The van der Waals surface area contributed by atoms with E-state index in [4.69, 9.17) is 11.6 Å². The number of hydrogen-bond donors (Lipinski definition) is 1. The van der Waals surface area contributed by atoms with Gasteiger partial charge in [-0.3, -0.25) is 9.69 Å². The maximum atomic E-state index is 12.8. The second kappa shape index (κ2) is 7.42. The third kappa shape index (κ3) is 4.11. The van der Waals surface area contributed by atoms with Gasteiger partial charge in [-0.25, -0.2) is 0 Å². The fourth-order valence-electron chi connectivity index (χ4n) is 3.57. The van der Waals surface area contributed by atoms with Crippen molar-refractivity contribution in [3.63, 3.8) is 0 Å². The summed E-state index contributed by atoms with van der Waals surface area (Å²) in [7, 11) is 2.13. The molecular weight excluding hydrogens is 322 g/mol. The molecule has 24 heavy (non-hydrogen) atoms. The second-order valence-electron chi connectivity index (χ2n) is 7.43. The van der Waals surface area contributed by atoms with Gasteiger partial charge in [0.2, 0.25) is 5.91 Å². The van der Waals surface area contributed by atoms with Gasteiger partial charge in [0.1, 0.15) is 0 Å². The van der Waals surface area contributed by atoms with Crippen LogP contribution in [0.15, 0.2) is 24.3 Å². The zero-order chi connectivity index (χ0) is 17.3. The standard InChI is InChI=1S/C19H28ClN3O/c1-13-12-17(13)18(15-4-6-16(20)7-5-15)21-19(24)14(2)23-10-8-22(3)9-11-23/h4-7,13-14,17-18H,8-12H2,1-3H3,(H,21,24)/t13-,14+,17+,18-/m1/s1. The summed E-state index contributed by atoms with van der Waals surface area (Å²) < 4.78 is 0. The van der Waals surface area contributed by atoms with E-state index in [9.17, 15) is 4.79 Å². The average molecular weight is 350 g/mol. The van der Waals surface area contributed by atoms with Crippen LogP contribution in [-0.2, 0) is 4.79 Å². The zero-order valence-corrected chi connectivity index (χ0v) is 15.6. The van der Waals surface area contributed by atoms with Crippen LogP contribution in [0.2, 0.25) is 5.02 Å². The van der Waals surface area contributed by atoms with Crippen LogP contribution in [0.3, 0.4) is 0 Å². The highest BCUT2D eigenvalue weighted by atomic mass is 35.5. The van der Waals surface area contributed by atoms with Crippen molar-refractivity contribution < 1.29 is 4.79 Å². The van der Waals surface area contributed by atoms with Gasteiger partial charge in [-0.05, 0) is 49.9 Å². The van der Waals surface area contributed by atoms with Crippen LogP contribution in [0.25, 0.3) is 0 Å². The maximum Gasteiger partial charge on any atom is 0.237 e. The van der Waals surface area contributed by atoms with Crippen LogP contribution in [0.1, 0.15) is 31.9 Å². The molecule has 0 unspecified atom stereocenters. The monoisotopic (exact) mass is 349 g/mol. The fraction of sp³-hybridized carbons (Fsp3) is 0.632. The van der Waals surface area contributed by atoms with Crippen LogP contribution in [0, 0.1) is 11.8 Å². The van der Waals surface area contributed by atoms with Crippen molar-refractivity contribution in [3.8, 4) is 0 Å². The Bertz CT molecular complexity index is 568. The van der Waals surface area contributed by atoms with E-state index in [-0.39, 0.29) is 18.0 Å². The lowest BCUT2D eigenvalue weighted by molar-refractivity contribution is -0.127. The molecule has 0 aromatic heterocycles. The maximum absolute atomic E-state index is 12.8. The first-order chi connectivity index (χ1) is 11.5. The molecule has 0 radical (unpaired) electrons. The molecule has 132 valence electrons. The van der Waals surface area contributed by atoms with E-state index in [1.165, 1.54) is 6.42 Å². The van der Waals surface area contributed by atoms with Crippen molar-refractivity contribution in [1.29, 1.82) is 0 Å². The molecule has 1 aromatic carbocycles. The number of nitrogens with one attached hydrogen (secondary N) is 1. The molecule has 0 spiro atoms. The van der Waals surface area contributed by atoms with E-state index >= 15 is 0 Å². The van der Waals surface area contributed by atoms with Gasteiger partial charge in [0.25, 0.3) is 0 Å². The number of carbonyl (C=O) groups is 1. The number of rotatable bonds is 5. The SMILES string of the molecule is C[C@@H]1C[C@@H]1[C@H](NC(=O)[C@H](C)N1CCN(C)CC1)c1ccc(Cl)cc1. The highest BCUT2D eigenvalue weighted by molar-refractivity contribution is 6.30. The molecule has 1 amide bonds. The van der Waals surface area contributed by atoms with Crippen molar-refractivity contribution in [2.24, 2.45) is 11.8 Å². The molecule has 1 saturated heterocycles. The molecule has 2 fully saturated rings. The number of halogens is 1. The van der Waals surface area contributed by atoms with Crippen molar-refractivity contribution in [1.82, 2.24) is 15.1 Å². The van der Waals surface area contributed by atoms with Crippen molar-refractivity contribution in [2.75, 3.05) is 33.2 Å². The number of benzene rings is 1. The van der Waals surface area contributed by atoms with E-state index in [0.717, 1.165) is 36.8 Å². The molecule has 1 N–H and O–H groups in total. The first-order valence-corrected chi connectivity index (χ1v) is 9.32. The summed E-state index contributed by atoms with van der Waals surface area (Å²) in [6.45, 7) is 8.24. The lowest BCUT2D eigenvalue weighted by atomic mass is 10.0. The minimum Gasteiger partial charge on any atom is -0.348 e. The Labute approximate surface area is 150 Å². The van der Waals surface area contributed by atoms with Crippen molar-refractivity contribution >= 4 is 17.5 Å². The summed E-state index contributed by atoms with van der Waals surface area (Å²) in [6.07, 6.45) is 1.18. The summed E-state index contributed by atoms with van der Waals surface area (Å²) in [5.41, 5.74) is 1.16. The van der Waals surface area contributed by atoms with Crippen molar-refractivity contribution in [2.45, 2.75) is 32.4 Å². The quantitative estimate of drug-likeness (QED) is 0.887. The van der Waals surface area contributed by atoms with E-state index in [1.54, 1.807) is 0 Å². The molecule has 4 atom stereocenters. The van der Waals surface area contributed by atoms with Crippen molar-refractivity contribution in [3.05, 3.63) is 34.9 Å². The van der Waals surface area contributed by atoms with Gasteiger partial charge in [0.15, 0.2) is 0 Å². The normalized spacial score (nSPS) is 27.5. The molecule has 2 aliphatic rings. The Hall–Kier alpha value is -1.10. The molecule has 1 aromatic rings. The fourth-order valence-corrected chi connectivity index (χ4v) is 3.70. The minimum atomic E-state index is -0.0810. The Kier molecular flexibility index (Phi) is 5.48. The third-order valence-electron chi connectivity index (χ3n) is 5.59. The highest BCUT2D eigenvalue weighted by Gasteiger charge is 2.41. The van der Waals surface area contributed by atoms with Gasteiger partial charge >= 0.3 is 0 Å². The summed E-state index contributed by atoms with van der Waals surface area (Å²) in [5, 5.41) is 4.05. The Morgan fingerprint density at radius 2 is 1.79 bits per heavy atom. The Morgan fingerprint density at radius 1 is 1.21 bits per heavy atom. The predicted octanol–water partition coefficient (Wildman–Crippen LogP) is 2.79. The van der Waals surface area contributed by atoms with Gasteiger partial charge in [-0.15, -0.1) is 0 Å². The summed E-state index contributed by atoms with van der Waals surface area (Å²) in [5.74, 6) is 1.35. The number of hydrogen-bond acceptors (Lipinski definition) is 3. The average Bonchev–Trinajstić information content (AvgIpc) is 3.30. The molecular formula is C19H28ClN3O. The highest BCUT2D eigenvalue weighted by Crippen LogP contribution is 2.47. The number of piperazine rings is 1. The van der Waals surface area contributed by atoms with Gasteiger partial charge < -0.3 is 10.2 Å². The minimum absolute atomic E-state index is 0.0810. The van der Waals surface area contributed by atoms with Crippen LogP contribution in [-0.4, -0.2) is 55.0 Å². The largest absolute Gasteiger partial charge is 0.348 e. The number of likely N-dealkylation sites (N-methyl/N-ethyl adjacent to an activating group) is 1. The summed E-state index contributed by atoms with van der Waals surface area (Å²) >= 11 is 6.01. The molecule has 1 saturated carbocycles. The zero-order valence-electron chi connectivity index (χ0n) is 14.8. The van der Waals surface area contributed by atoms with Gasteiger partial charge in [0.05, 0.1) is 12.1 Å². The van der Waals surface area contributed by atoms with Crippen LogP contribution < -0.4 is 5.32 Å². The Balaban J connectivity index is 1.66. The summed E-state index contributed by atoms with van der Waals surface area (Å²) in [4.78, 5) is 17.4. The van der Waals surface area contributed by atoms with Crippen LogP contribution >= 0.6 is 11.6 Å². The second-order valence-corrected chi connectivity index (χ2v) is 7.87. The van der Waals surface area contributed by atoms with Gasteiger partial charge in [-0.1, -0.05) is 30.7 Å². The molecule has 1 aliphatic carbocycles. The predicted molar refractivity (Wildman–Crippen MR) is 98.1 cm³/mol. The van der Waals surface area contributed by atoms with Crippen LogP contribution in [0.4, 0.5) is 0 Å². The first-order valence-electron chi connectivity index (χ1n) is 8.94. The molecule has 5 heteroatoms. The smallest absolute Gasteiger partial charge is 0.237 e. The third-order valence-corrected chi connectivity index (χ3v) is 5.84. The summed E-state index contributed by atoms with van der Waals surface area (Å²) in [6, 6.07) is 7.92. The number of nitrogens with zero attached hydrogens (tertiary/aromatic N) is 2. The van der Waals surface area contributed by atoms with Gasteiger partial charge in [0, 0.05) is 31.2 Å². The molecule has 1 aliphatic heterocycles. The first kappa shape index (κ1) is 17.7. The Morgan fingerprint density at radius 3 is 2.33 bits per heavy atom. The molecule has 0 bridgehead atoms. The topological polar surface area (TPSA) is 35.6 Å². The lowest BCUT2D eigenvalue weighted by Gasteiger charge is -2.36. The van der Waals surface area contributed by atoms with E-state index in [1.807, 2.05) is 31.2 Å². The van der Waals surface area contributed by atoms with E-state index < -0.39 is 0 Å². The number of carbonyl (C=O) groups excluding carboxylic acids is 1.